The minimum absolute atomic E-state index is 0.267. The molecule has 0 fully saturated rings. The molecule has 0 saturated carbocycles. The molecule has 1 aromatic carbocycles. The number of amides is 1. The minimum Gasteiger partial charge on any atom is -0.390 e. The molecule has 20 heavy (non-hydrogen) atoms. The number of benzene rings is 1. The number of aliphatic hydroxyl groups is 1. The fourth-order valence-electron chi connectivity index (χ4n) is 2.48. The number of hydrogen-bond acceptors (Lipinski definition) is 3. The Kier molecular flexibility index (Phi) is 3.20. The summed E-state index contributed by atoms with van der Waals surface area (Å²) in [5, 5.41) is 12.8. The van der Waals surface area contributed by atoms with Gasteiger partial charge in [-0.15, -0.1) is 0 Å². The highest BCUT2D eigenvalue weighted by Crippen LogP contribution is 2.31. The molecule has 0 saturated heterocycles. The Morgan fingerprint density at radius 2 is 2.10 bits per heavy atom. The number of carbonyl (C=O) groups excluding carboxylic acids is 1. The van der Waals surface area contributed by atoms with Crippen LogP contribution in [-0.2, 0) is 6.42 Å². The normalized spacial score (nSPS) is 20.5. The molecule has 1 aliphatic rings. The smallest absolute Gasteiger partial charge is 0.253 e. The lowest BCUT2D eigenvalue weighted by Crippen LogP contribution is -2.33. The second-order valence-electron chi connectivity index (χ2n) is 4.79. The molecule has 0 unspecified atom stereocenters. The van der Waals surface area contributed by atoms with E-state index in [1.54, 1.807) is 0 Å². The maximum Gasteiger partial charge on any atom is 0.253 e. The molecule has 2 aromatic rings. The Labute approximate surface area is 115 Å². The molecule has 0 radical (unpaired) electrons. The number of hydrogen-bond donors (Lipinski definition) is 2. The van der Waals surface area contributed by atoms with E-state index in [4.69, 9.17) is 0 Å². The molecule has 1 aliphatic carbocycles. The summed E-state index contributed by atoms with van der Waals surface area (Å²) in [6.07, 6.45) is 1.05. The van der Waals surface area contributed by atoms with Crippen molar-refractivity contribution in [3.05, 3.63) is 65.2 Å². The molecule has 102 valence electrons. The highest BCUT2D eigenvalue weighted by Gasteiger charge is 2.32. The van der Waals surface area contributed by atoms with Crippen molar-refractivity contribution in [2.45, 2.75) is 18.6 Å². The molecule has 2 atom stereocenters. The van der Waals surface area contributed by atoms with Crippen molar-refractivity contribution >= 4 is 5.91 Å². The van der Waals surface area contributed by atoms with E-state index < -0.39 is 18.1 Å². The summed E-state index contributed by atoms with van der Waals surface area (Å²) < 4.78 is 12.7. The molecule has 0 bridgehead atoms. The van der Waals surface area contributed by atoms with E-state index in [0.29, 0.717) is 6.42 Å². The van der Waals surface area contributed by atoms with Gasteiger partial charge in [-0.2, -0.15) is 4.39 Å². The van der Waals surface area contributed by atoms with Crippen LogP contribution in [0.1, 0.15) is 27.5 Å². The third-order valence-electron chi connectivity index (χ3n) is 3.48. The Balaban J connectivity index is 1.81. The fourth-order valence-corrected chi connectivity index (χ4v) is 2.48. The minimum atomic E-state index is -0.648. The van der Waals surface area contributed by atoms with Crippen molar-refractivity contribution in [1.82, 2.24) is 10.3 Å². The molecular weight excluding hydrogens is 259 g/mol. The van der Waals surface area contributed by atoms with Crippen LogP contribution in [0.15, 0.2) is 42.6 Å². The van der Waals surface area contributed by atoms with Crippen molar-refractivity contribution in [3.63, 3.8) is 0 Å². The van der Waals surface area contributed by atoms with Gasteiger partial charge >= 0.3 is 0 Å². The van der Waals surface area contributed by atoms with Gasteiger partial charge in [-0.3, -0.25) is 4.79 Å². The molecule has 4 nitrogen and oxygen atoms in total. The average molecular weight is 272 g/mol. The molecule has 0 aliphatic heterocycles. The summed E-state index contributed by atoms with van der Waals surface area (Å²) in [7, 11) is 0. The zero-order valence-electron chi connectivity index (χ0n) is 10.6. The second kappa shape index (κ2) is 5.02. The van der Waals surface area contributed by atoms with E-state index in [2.05, 4.69) is 10.3 Å². The third kappa shape index (κ3) is 2.28. The Morgan fingerprint density at radius 3 is 2.85 bits per heavy atom. The van der Waals surface area contributed by atoms with Gasteiger partial charge in [0, 0.05) is 12.6 Å². The monoisotopic (exact) mass is 272 g/mol. The topological polar surface area (TPSA) is 62.2 Å². The number of aliphatic hydroxyl groups excluding tert-OH is 1. The first-order valence-corrected chi connectivity index (χ1v) is 6.33. The Hall–Kier alpha value is -2.27. The summed E-state index contributed by atoms with van der Waals surface area (Å²) in [5.41, 5.74) is 2.22. The van der Waals surface area contributed by atoms with Crippen molar-refractivity contribution in [1.29, 1.82) is 0 Å². The first-order valence-electron chi connectivity index (χ1n) is 6.33. The van der Waals surface area contributed by atoms with Gasteiger partial charge in [0.05, 0.1) is 17.7 Å². The molecule has 3 rings (SSSR count). The van der Waals surface area contributed by atoms with E-state index in [-0.39, 0.29) is 11.5 Å². The average Bonchev–Trinajstić information content (AvgIpc) is 2.76. The SMILES string of the molecule is O=C(N[C@@H]1c2ccccc2C[C@@H]1O)c1ccc(F)nc1. The van der Waals surface area contributed by atoms with Crippen LogP contribution in [0.3, 0.4) is 0 Å². The van der Waals surface area contributed by atoms with Gasteiger partial charge in [-0.05, 0) is 23.3 Å². The highest BCUT2D eigenvalue weighted by atomic mass is 19.1. The molecule has 1 heterocycles. The Morgan fingerprint density at radius 1 is 1.30 bits per heavy atom. The van der Waals surface area contributed by atoms with Crippen LogP contribution in [0.5, 0.6) is 0 Å². The summed E-state index contributed by atoms with van der Waals surface area (Å²) in [5.74, 6) is -1.01. The molecule has 1 amide bonds. The summed E-state index contributed by atoms with van der Waals surface area (Å²) >= 11 is 0. The number of rotatable bonds is 2. The van der Waals surface area contributed by atoms with Crippen LogP contribution >= 0.6 is 0 Å². The lowest BCUT2D eigenvalue weighted by molar-refractivity contribution is 0.0857. The first-order chi connectivity index (χ1) is 9.65. The number of pyridine rings is 1. The van der Waals surface area contributed by atoms with Crippen molar-refractivity contribution in [2.75, 3.05) is 0 Å². The maximum atomic E-state index is 12.7. The van der Waals surface area contributed by atoms with E-state index in [1.165, 1.54) is 12.3 Å². The van der Waals surface area contributed by atoms with Crippen molar-refractivity contribution < 1.29 is 14.3 Å². The van der Waals surface area contributed by atoms with Gasteiger partial charge < -0.3 is 10.4 Å². The number of halogens is 1. The Bertz CT molecular complexity index is 643. The molecular formula is C15H13FN2O2. The fraction of sp³-hybridized carbons (Fsp3) is 0.200. The predicted octanol–water partition coefficient (Wildman–Crippen LogP) is 1.61. The zero-order valence-corrected chi connectivity index (χ0v) is 10.6. The van der Waals surface area contributed by atoms with Crippen LogP contribution < -0.4 is 5.32 Å². The van der Waals surface area contributed by atoms with E-state index >= 15 is 0 Å². The van der Waals surface area contributed by atoms with E-state index in [9.17, 15) is 14.3 Å². The van der Waals surface area contributed by atoms with Gasteiger partial charge in [0.2, 0.25) is 5.95 Å². The molecule has 1 aromatic heterocycles. The number of carbonyl (C=O) groups is 1. The summed E-state index contributed by atoms with van der Waals surface area (Å²) in [6.45, 7) is 0. The van der Waals surface area contributed by atoms with Crippen LogP contribution in [0.25, 0.3) is 0 Å². The zero-order chi connectivity index (χ0) is 14.1. The van der Waals surface area contributed by atoms with E-state index in [1.807, 2.05) is 24.3 Å². The van der Waals surface area contributed by atoms with Crippen molar-refractivity contribution in [2.24, 2.45) is 0 Å². The quantitative estimate of drug-likeness (QED) is 0.816. The van der Waals surface area contributed by atoms with Crippen LogP contribution in [0.2, 0.25) is 0 Å². The molecule has 2 N–H and O–H groups in total. The molecule has 5 heteroatoms. The number of nitrogens with one attached hydrogen (secondary N) is 1. The molecule has 0 spiro atoms. The summed E-state index contributed by atoms with van der Waals surface area (Å²) in [4.78, 5) is 15.5. The van der Waals surface area contributed by atoms with Gasteiger partial charge in [0.15, 0.2) is 0 Å². The number of fused-ring (bicyclic) bond motifs is 1. The van der Waals surface area contributed by atoms with Crippen LogP contribution in [0.4, 0.5) is 4.39 Å². The number of nitrogens with zero attached hydrogens (tertiary/aromatic N) is 1. The van der Waals surface area contributed by atoms with Gasteiger partial charge in [0.25, 0.3) is 5.91 Å². The second-order valence-corrected chi connectivity index (χ2v) is 4.79. The predicted molar refractivity (Wildman–Crippen MR) is 70.6 cm³/mol. The van der Waals surface area contributed by atoms with Crippen molar-refractivity contribution in [3.8, 4) is 0 Å². The standard InChI is InChI=1S/C15H13FN2O2/c16-13-6-5-10(8-17-13)15(20)18-14-11-4-2-1-3-9(11)7-12(14)19/h1-6,8,12,14,19H,7H2,(H,18,20)/t12-,14+/m0/s1. The van der Waals surface area contributed by atoms with Gasteiger partial charge in [0.1, 0.15) is 0 Å². The first kappa shape index (κ1) is 12.7. The van der Waals surface area contributed by atoms with Gasteiger partial charge in [-0.25, -0.2) is 4.98 Å². The van der Waals surface area contributed by atoms with Crippen LogP contribution in [0, 0.1) is 5.95 Å². The summed E-state index contributed by atoms with van der Waals surface area (Å²) in [6, 6.07) is 9.65. The maximum absolute atomic E-state index is 12.7. The lowest BCUT2D eigenvalue weighted by Gasteiger charge is -2.17. The van der Waals surface area contributed by atoms with Crippen LogP contribution in [-0.4, -0.2) is 22.1 Å². The lowest BCUT2D eigenvalue weighted by atomic mass is 10.1. The largest absolute Gasteiger partial charge is 0.390 e. The highest BCUT2D eigenvalue weighted by molar-refractivity contribution is 5.94. The van der Waals surface area contributed by atoms with E-state index in [0.717, 1.165) is 17.2 Å². The van der Waals surface area contributed by atoms with Gasteiger partial charge in [-0.1, -0.05) is 24.3 Å². The number of aromatic nitrogens is 1. The third-order valence-corrected chi connectivity index (χ3v) is 3.48.